The lowest BCUT2D eigenvalue weighted by atomic mass is 10.0. The highest BCUT2D eigenvalue weighted by atomic mass is 16.5. The minimum absolute atomic E-state index is 0.139. The van der Waals surface area contributed by atoms with Crippen LogP contribution >= 0.6 is 0 Å². The topological polar surface area (TPSA) is 151 Å². The van der Waals surface area contributed by atoms with Crippen LogP contribution in [0.2, 0.25) is 0 Å². The molecule has 5 amide bonds. The molecule has 41 heavy (non-hydrogen) atoms. The van der Waals surface area contributed by atoms with Crippen LogP contribution in [0.5, 0.6) is 0 Å². The van der Waals surface area contributed by atoms with Gasteiger partial charge in [0.05, 0.1) is 6.54 Å². The molecule has 0 bridgehead atoms. The quantitative estimate of drug-likeness (QED) is 0.176. The van der Waals surface area contributed by atoms with Crippen LogP contribution in [0.3, 0.4) is 0 Å². The van der Waals surface area contributed by atoms with Gasteiger partial charge in [0, 0.05) is 37.7 Å². The Morgan fingerprint density at radius 3 is 1.98 bits per heavy atom. The molecule has 1 atom stereocenters. The van der Waals surface area contributed by atoms with Gasteiger partial charge in [-0.05, 0) is 42.4 Å². The third kappa shape index (κ3) is 14.8. The van der Waals surface area contributed by atoms with Gasteiger partial charge in [0.2, 0.25) is 17.7 Å². The van der Waals surface area contributed by atoms with Crippen LogP contribution in [0, 0.1) is 11.8 Å². The second kappa shape index (κ2) is 18.4. The SMILES string of the molecule is CC(=O)OCc1ccc(NC(=O)CNC(=O)C(NC(=O)CCCCCN2C(=O)C=CC2=O)C(C)C)cc1.CC(C)C. The van der Waals surface area contributed by atoms with Gasteiger partial charge in [0.15, 0.2) is 0 Å². The van der Waals surface area contributed by atoms with Crippen LogP contribution in [0.4, 0.5) is 5.69 Å². The Labute approximate surface area is 242 Å². The molecule has 0 saturated heterocycles. The summed E-state index contributed by atoms with van der Waals surface area (Å²) in [5, 5.41) is 7.93. The van der Waals surface area contributed by atoms with Gasteiger partial charge in [0.25, 0.3) is 11.8 Å². The number of unbranched alkanes of at least 4 members (excludes halogenated alkanes) is 2. The van der Waals surface area contributed by atoms with Crippen LogP contribution in [0.15, 0.2) is 36.4 Å². The number of hydrogen-bond donors (Lipinski definition) is 3. The van der Waals surface area contributed by atoms with Gasteiger partial charge >= 0.3 is 5.97 Å². The average Bonchev–Trinajstić information content (AvgIpc) is 3.21. The molecule has 0 fully saturated rings. The number of imide groups is 1. The van der Waals surface area contributed by atoms with Crippen molar-refractivity contribution >= 4 is 41.2 Å². The molecule has 11 nitrogen and oxygen atoms in total. The number of anilines is 1. The number of esters is 1. The second-order valence-corrected chi connectivity index (χ2v) is 10.7. The van der Waals surface area contributed by atoms with E-state index in [4.69, 9.17) is 4.74 Å². The summed E-state index contributed by atoms with van der Waals surface area (Å²) in [5.74, 6) is -1.58. The zero-order chi connectivity index (χ0) is 30.9. The maximum atomic E-state index is 12.6. The van der Waals surface area contributed by atoms with Crippen molar-refractivity contribution in [2.45, 2.75) is 79.9 Å². The highest BCUT2D eigenvalue weighted by Gasteiger charge is 2.25. The third-order valence-electron chi connectivity index (χ3n) is 5.55. The molecule has 226 valence electrons. The molecule has 0 radical (unpaired) electrons. The molecule has 0 aromatic heterocycles. The first-order valence-corrected chi connectivity index (χ1v) is 13.9. The van der Waals surface area contributed by atoms with E-state index in [2.05, 4.69) is 36.7 Å². The Morgan fingerprint density at radius 1 is 0.854 bits per heavy atom. The van der Waals surface area contributed by atoms with Crippen LogP contribution < -0.4 is 16.0 Å². The van der Waals surface area contributed by atoms with Crippen molar-refractivity contribution in [2.24, 2.45) is 11.8 Å². The first-order chi connectivity index (χ1) is 19.3. The molecule has 1 unspecified atom stereocenters. The Kier molecular flexibility index (Phi) is 15.7. The highest BCUT2D eigenvalue weighted by Crippen LogP contribution is 2.11. The summed E-state index contributed by atoms with van der Waals surface area (Å²) >= 11 is 0. The average molecular weight is 573 g/mol. The third-order valence-corrected chi connectivity index (χ3v) is 5.55. The molecule has 1 aromatic rings. The molecule has 1 aromatic carbocycles. The number of nitrogens with zero attached hydrogens (tertiary/aromatic N) is 1. The molecule has 0 aliphatic carbocycles. The van der Waals surface area contributed by atoms with Crippen molar-refractivity contribution in [1.82, 2.24) is 15.5 Å². The molecule has 1 heterocycles. The lowest BCUT2D eigenvalue weighted by Crippen LogP contribution is -2.51. The van der Waals surface area contributed by atoms with E-state index in [0.717, 1.165) is 16.4 Å². The van der Waals surface area contributed by atoms with Gasteiger partial charge < -0.3 is 20.7 Å². The molecule has 0 spiro atoms. The lowest BCUT2D eigenvalue weighted by Gasteiger charge is -2.21. The summed E-state index contributed by atoms with van der Waals surface area (Å²) in [5.41, 5.74) is 1.29. The monoisotopic (exact) mass is 572 g/mol. The Balaban J connectivity index is 0.00000196. The van der Waals surface area contributed by atoms with Crippen LogP contribution in [0.25, 0.3) is 0 Å². The van der Waals surface area contributed by atoms with E-state index in [0.29, 0.717) is 31.5 Å². The summed E-state index contributed by atoms with van der Waals surface area (Å²) in [7, 11) is 0. The summed E-state index contributed by atoms with van der Waals surface area (Å²) in [6.45, 7) is 11.6. The standard InChI is InChI=1S/C26H34N4O7.C4H10/c1-17(2)25(29-21(32)7-5-4-6-14-30-23(34)12-13-24(30)35)26(36)27-15-22(33)28-20-10-8-19(9-11-20)16-37-18(3)31;1-4(2)3/h8-13,17,25H,4-7,14-16H2,1-3H3,(H,27,36)(H,28,33)(H,29,32);4H,1-3H3. The van der Waals surface area contributed by atoms with Crippen molar-refractivity contribution in [3.05, 3.63) is 42.0 Å². The summed E-state index contributed by atoms with van der Waals surface area (Å²) in [4.78, 5) is 72.3. The molecular weight excluding hydrogens is 528 g/mol. The minimum atomic E-state index is -0.799. The minimum Gasteiger partial charge on any atom is -0.461 e. The van der Waals surface area contributed by atoms with Crippen molar-refractivity contribution in [3.63, 3.8) is 0 Å². The van der Waals surface area contributed by atoms with E-state index in [9.17, 15) is 28.8 Å². The number of carbonyl (C=O) groups excluding carboxylic acids is 6. The largest absolute Gasteiger partial charge is 0.461 e. The van der Waals surface area contributed by atoms with E-state index in [1.165, 1.54) is 19.1 Å². The fourth-order valence-electron chi connectivity index (χ4n) is 3.52. The molecular formula is C30H44N4O7. The number of amides is 5. The van der Waals surface area contributed by atoms with Gasteiger partial charge in [-0.1, -0.05) is 53.2 Å². The fourth-order valence-corrected chi connectivity index (χ4v) is 3.52. The maximum absolute atomic E-state index is 12.6. The summed E-state index contributed by atoms with van der Waals surface area (Å²) in [6, 6.07) is 5.95. The summed E-state index contributed by atoms with van der Waals surface area (Å²) in [6.07, 6.45) is 4.46. The Hall–Kier alpha value is -4.02. The van der Waals surface area contributed by atoms with Crippen LogP contribution in [0.1, 0.15) is 72.8 Å². The van der Waals surface area contributed by atoms with E-state index in [1.807, 2.05) is 0 Å². The van der Waals surface area contributed by atoms with E-state index in [1.54, 1.807) is 38.1 Å². The van der Waals surface area contributed by atoms with Crippen molar-refractivity contribution in [3.8, 4) is 0 Å². The highest BCUT2D eigenvalue weighted by molar-refractivity contribution is 6.12. The van der Waals surface area contributed by atoms with Gasteiger partial charge in [0.1, 0.15) is 12.6 Å². The van der Waals surface area contributed by atoms with Gasteiger partial charge in [-0.25, -0.2) is 0 Å². The summed E-state index contributed by atoms with van der Waals surface area (Å²) < 4.78 is 4.91. The number of benzene rings is 1. The van der Waals surface area contributed by atoms with Gasteiger partial charge in [-0.3, -0.25) is 33.7 Å². The maximum Gasteiger partial charge on any atom is 0.302 e. The van der Waals surface area contributed by atoms with Crippen molar-refractivity contribution < 1.29 is 33.5 Å². The van der Waals surface area contributed by atoms with E-state index >= 15 is 0 Å². The number of rotatable bonds is 14. The molecule has 11 heteroatoms. The number of nitrogens with one attached hydrogen (secondary N) is 3. The first kappa shape index (κ1) is 35.0. The van der Waals surface area contributed by atoms with Gasteiger partial charge in [-0.2, -0.15) is 0 Å². The van der Waals surface area contributed by atoms with E-state index in [-0.39, 0.29) is 49.2 Å². The van der Waals surface area contributed by atoms with Crippen LogP contribution in [-0.2, 0) is 40.1 Å². The molecule has 1 aliphatic heterocycles. The zero-order valence-electron chi connectivity index (χ0n) is 25.0. The van der Waals surface area contributed by atoms with Crippen LogP contribution in [-0.4, -0.2) is 59.5 Å². The second-order valence-electron chi connectivity index (χ2n) is 10.7. The Bertz CT molecular complexity index is 1060. The first-order valence-electron chi connectivity index (χ1n) is 13.9. The fraction of sp³-hybridized carbons (Fsp3) is 0.533. The van der Waals surface area contributed by atoms with E-state index < -0.39 is 17.9 Å². The zero-order valence-corrected chi connectivity index (χ0v) is 25.0. The lowest BCUT2D eigenvalue weighted by molar-refractivity contribution is -0.142. The predicted octanol–water partition coefficient (Wildman–Crippen LogP) is 3.09. The number of carbonyl (C=O) groups is 6. The van der Waals surface area contributed by atoms with Gasteiger partial charge in [-0.15, -0.1) is 0 Å². The smallest absolute Gasteiger partial charge is 0.302 e. The number of hydrogen-bond acceptors (Lipinski definition) is 7. The van der Waals surface area contributed by atoms with Crippen molar-refractivity contribution in [2.75, 3.05) is 18.4 Å². The predicted molar refractivity (Wildman–Crippen MR) is 155 cm³/mol. The normalized spacial score (nSPS) is 13.0. The Morgan fingerprint density at radius 2 is 1.44 bits per heavy atom. The molecule has 1 aliphatic rings. The molecule has 2 rings (SSSR count). The van der Waals surface area contributed by atoms with Crippen molar-refractivity contribution in [1.29, 1.82) is 0 Å². The molecule has 3 N–H and O–H groups in total. The molecule has 0 saturated carbocycles. The number of ether oxygens (including phenoxy) is 1.